The highest BCUT2D eigenvalue weighted by Gasteiger charge is 2.16. The first-order chi connectivity index (χ1) is 12.6. The molecule has 2 heterocycles. The Morgan fingerprint density at radius 1 is 1.08 bits per heavy atom. The number of nitrogens with zero attached hydrogens (tertiary/aromatic N) is 4. The molecule has 0 aliphatic rings. The standard InChI is InChI=1S/C19H13BrN4O2/c1-12-5-2-3-8-15(12)18-21-19(26-23-18)17-16(25)9-10-24(22-17)14-7-4-6-13(20)11-14/h2-11H,1H3. The molecule has 0 fully saturated rings. The zero-order valence-corrected chi connectivity index (χ0v) is 15.3. The molecule has 2 aromatic carbocycles. The fraction of sp³-hybridized carbons (Fsp3) is 0.0526. The molecule has 7 heteroatoms. The molecule has 0 aliphatic heterocycles. The molecule has 0 saturated carbocycles. The van der Waals surface area contributed by atoms with Crippen LogP contribution in [0.3, 0.4) is 0 Å². The molecule has 0 bridgehead atoms. The quantitative estimate of drug-likeness (QED) is 0.511. The first-order valence-corrected chi connectivity index (χ1v) is 8.67. The second-order valence-corrected chi connectivity index (χ2v) is 6.61. The first kappa shape index (κ1) is 16.4. The van der Waals surface area contributed by atoms with Crippen LogP contribution in [0, 0.1) is 6.92 Å². The maximum Gasteiger partial charge on any atom is 0.282 e. The van der Waals surface area contributed by atoms with Crippen molar-refractivity contribution in [3.63, 3.8) is 0 Å². The van der Waals surface area contributed by atoms with Gasteiger partial charge in [-0.3, -0.25) is 4.79 Å². The number of aryl methyl sites for hydroxylation is 1. The maximum atomic E-state index is 12.3. The topological polar surface area (TPSA) is 73.8 Å². The summed E-state index contributed by atoms with van der Waals surface area (Å²) in [5.41, 5.74) is 2.51. The van der Waals surface area contributed by atoms with Crippen molar-refractivity contribution in [2.45, 2.75) is 6.92 Å². The van der Waals surface area contributed by atoms with Gasteiger partial charge < -0.3 is 4.52 Å². The average Bonchev–Trinajstić information content (AvgIpc) is 3.12. The maximum absolute atomic E-state index is 12.3. The second kappa shape index (κ2) is 6.68. The predicted octanol–water partition coefficient (Wildman–Crippen LogP) is 4.02. The van der Waals surface area contributed by atoms with Crippen LogP contribution >= 0.6 is 15.9 Å². The third kappa shape index (κ3) is 3.09. The highest BCUT2D eigenvalue weighted by molar-refractivity contribution is 9.10. The minimum absolute atomic E-state index is 0.0950. The van der Waals surface area contributed by atoms with Crippen molar-refractivity contribution in [3.05, 3.63) is 81.1 Å². The zero-order valence-electron chi connectivity index (χ0n) is 13.8. The van der Waals surface area contributed by atoms with E-state index >= 15 is 0 Å². The SMILES string of the molecule is Cc1ccccc1-c1noc(-c2nn(-c3cccc(Br)c3)ccc2=O)n1. The minimum Gasteiger partial charge on any atom is -0.332 e. The van der Waals surface area contributed by atoms with Crippen molar-refractivity contribution in [3.8, 4) is 28.7 Å². The largest absolute Gasteiger partial charge is 0.332 e. The van der Waals surface area contributed by atoms with Gasteiger partial charge in [0.25, 0.3) is 5.89 Å². The number of benzene rings is 2. The summed E-state index contributed by atoms with van der Waals surface area (Å²) in [6.07, 6.45) is 1.60. The summed E-state index contributed by atoms with van der Waals surface area (Å²) < 4.78 is 7.82. The van der Waals surface area contributed by atoms with Gasteiger partial charge >= 0.3 is 0 Å². The molecule has 6 nitrogen and oxygen atoms in total. The Hall–Kier alpha value is -3.06. The Bertz CT molecular complexity index is 1150. The first-order valence-electron chi connectivity index (χ1n) is 7.88. The van der Waals surface area contributed by atoms with E-state index in [0.717, 1.165) is 21.3 Å². The van der Waals surface area contributed by atoms with E-state index in [1.165, 1.54) is 6.07 Å². The summed E-state index contributed by atoms with van der Waals surface area (Å²) in [5.74, 6) is 0.523. The van der Waals surface area contributed by atoms with E-state index in [1.54, 1.807) is 10.9 Å². The van der Waals surface area contributed by atoms with Gasteiger partial charge in [-0.05, 0) is 30.7 Å². The third-order valence-electron chi connectivity index (χ3n) is 3.90. The molecular formula is C19H13BrN4O2. The Morgan fingerprint density at radius 2 is 1.92 bits per heavy atom. The van der Waals surface area contributed by atoms with Gasteiger partial charge in [0.2, 0.25) is 11.3 Å². The van der Waals surface area contributed by atoms with Crippen LogP contribution in [0.4, 0.5) is 0 Å². The molecule has 0 radical (unpaired) electrons. The van der Waals surface area contributed by atoms with Crippen LogP contribution in [0.25, 0.3) is 28.7 Å². The van der Waals surface area contributed by atoms with Crippen molar-refractivity contribution in [2.24, 2.45) is 0 Å². The molecule has 0 unspecified atom stereocenters. The lowest BCUT2D eigenvalue weighted by Crippen LogP contribution is -2.12. The molecule has 26 heavy (non-hydrogen) atoms. The van der Waals surface area contributed by atoms with Crippen LogP contribution in [0.2, 0.25) is 0 Å². The van der Waals surface area contributed by atoms with E-state index in [4.69, 9.17) is 4.52 Å². The van der Waals surface area contributed by atoms with Gasteiger partial charge in [-0.1, -0.05) is 51.4 Å². The molecule has 0 saturated heterocycles. The zero-order chi connectivity index (χ0) is 18.1. The van der Waals surface area contributed by atoms with Gasteiger partial charge in [0, 0.05) is 22.3 Å². The monoisotopic (exact) mass is 408 g/mol. The number of hydrogen-bond donors (Lipinski definition) is 0. The van der Waals surface area contributed by atoms with Gasteiger partial charge in [0.1, 0.15) is 0 Å². The third-order valence-corrected chi connectivity index (χ3v) is 4.39. The fourth-order valence-electron chi connectivity index (χ4n) is 2.57. The summed E-state index contributed by atoms with van der Waals surface area (Å²) in [4.78, 5) is 16.6. The molecular weight excluding hydrogens is 396 g/mol. The molecule has 0 amide bonds. The normalized spacial score (nSPS) is 10.8. The minimum atomic E-state index is -0.281. The van der Waals surface area contributed by atoms with Crippen LogP contribution in [0.15, 0.2) is 74.6 Å². The smallest absolute Gasteiger partial charge is 0.282 e. The van der Waals surface area contributed by atoms with Gasteiger partial charge in [-0.25, -0.2) is 4.68 Å². The Morgan fingerprint density at radius 3 is 2.73 bits per heavy atom. The Kier molecular flexibility index (Phi) is 4.22. The highest BCUT2D eigenvalue weighted by atomic mass is 79.9. The molecule has 0 N–H and O–H groups in total. The number of aromatic nitrogens is 4. The van der Waals surface area contributed by atoms with Crippen LogP contribution in [0.1, 0.15) is 5.56 Å². The van der Waals surface area contributed by atoms with E-state index in [9.17, 15) is 4.79 Å². The number of hydrogen-bond acceptors (Lipinski definition) is 5. The van der Waals surface area contributed by atoms with Crippen LogP contribution in [0.5, 0.6) is 0 Å². The summed E-state index contributed by atoms with van der Waals surface area (Å²) in [7, 11) is 0. The van der Waals surface area contributed by atoms with E-state index in [1.807, 2.05) is 55.5 Å². The molecule has 0 spiro atoms. The molecule has 4 aromatic rings. The highest BCUT2D eigenvalue weighted by Crippen LogP contribution is 2.22. The van der Waals surface area contributed by atoms with Crippen LogP contribution < -0.4 is 5.43 Å². The van der Waals surface area contributed by atoms with Crippen LogP contribution in [-0.2, 0) is 0 Å². The fourth-order valence-corrected chi connectivity index (χ4v) is 2.96. The van der Waals surface area contributed by atoms with Gasteiger partial charge in [-0.2, -0.15) is 10.1 Å². The molecule has 4 rings (SSSR count). The van der Waals surface area contributed by atoms with E-state index in [0.29, 0.717) is 5.82 Å². The second-order valence-electron chi connectivity index (χ2n) is 5.69. The lowest BCUT2D eigenvalue weighted by molar-refractivity contribution is 0.429. The Labute approximate surface area is 157 Å². The van der Waals surface area contributed by atoms with E-state index < -0.39 is 0 Å². The summed E-state index contributed by atoms with van der Waals surface area (Å²) >= 11 is 3.43. The molecule has 0 aliphatic carbocycles. The van der Waals surface area contributed by atoms with E-state index in [-0.39, 0.29) is 17.0 Å². The van der Waals surface area contributed by atoms with Gasteiger partial charge in [-0.15, -0.1) is 0 Å². The molecule has 0 atom stereocenters. The Balaban J connectivity index is 1.78. The summed E-state index contributed by atoms with van der Waals surface area (Å²) in [6, 6.07) is 16.7. The van der Waals surface area contributed by atoms with Crippen molar-refractivity contribution in [1.29, 1.82) is 0 Å². The average molecular weight is 409 g/mol. The van der Waals surface area contributed by atoms with Crippen molar-refractivity contribution >= 4 is 15.9 Å². The van der Waals surface area contributed by atoms with Crippen LogP contribution in [-0.4, -0.2) is 19.9 Å². The number of halogens is 1. The van der Waals surface area contributed by atoms with Crippen molar-refractivity contribution < 1.29 is 4.52 Å². The molecule has 2 aromatic heterocycles. The predicted molar refractivity (Wildman–Crippen MR) is 101 cm³/mol. The molecule has 128 valence electrons. The summed E-state index contributed by atoms with van der Waals surface area (Å²) in [5, 5.41) is 8.37. The summed E-state index contributed by atoms with van der Waals surface area (Å²) in [6.45, 7) is 1.96. The van der Waals surface area contributed by atoms with Gasteiger partial charge in [0.05, 0.1) is 5.69 Å². The lowest BCUT2D eigenvalue weighted by Gasteiger charge is -2.06. The van der Waals surface area contributed by atoms with E-state index in [2.05, 4.69) is 31.2 Å². The number of rotatable bonds is 3. The van der Waals surface area contributed by atoms with Crippen molar-refractivity contribution in [2.75, 3.05) is 0 Å². The van der Waals surface area contributed by atoms with Crippen molar-refractivity contribution in [1.82, 2.24) is 19.9 Å². The lowest BCUT2D eigenvalue weighted by atomic mass is 10.1. The van der Waals surface area contributed by atoms with Gasteiger partial charge in [0.15, 0.2) is 5.69 Å².